The van der Waals surface area contributed by atoms with Crippen molar-refractivity contribution in [1.29, 1.82) is 0 Å². The van der Waals surface area contributed by atoms with Crippen molar-refractivity contribution in [1.82, 2.24) is 14.1 Å². The zero-order valence-corrected chi connectivity index (χ0v) is 16.5. The van der Waals surface area contributed by atoms with E-state index >= 15 is 0 Å². The van der Waals surface area contributed by atoms with Gasteiger partial charge in [-0.25, -0.2) is 9.37 Å². The summed E-state index contributed by atoms with van der Waals surface area (Å²) >= 11 is 0. The van der Waals surface area contributed by atoms with Gasteiger partial charge >= 0.3 is 0 Å². The number of nitrogens with zero attached hydrogens (tertiary/aromatic N) is 3. The summed E-state index contributed by atoms with van der Waals surface area (Å²) in [6.45, 7) is 2.86. The molecule has 4 nitrogen and oxygen atoms in total. The molecule has 0 aliphatic heterocycles. The number of hydrogen-bond donors (Lipinski definition) is 0. The molecule has 0 aliphatic rings. The van der Waals surface area contributed by atoms with Gasteiger partial charge < -0.3 is 4.57 Å². The summed E-state index contributed by atoms with van der Waals surface area (Å²) in [5.41, 5.74) is 4.97. The summed E-state index contributed by atoms with van der Waals surface area (Å²) < 4.78 is 17.4. The van der Waals surface area contributed by atoms with E-state index in [-0.39, 0.29) is 11.4 Å². The van der Waals surface area contributed by atoms with Gasteiger partial charge in [0.2, 0.25) is 0 Å². The Bertz CT molecular complexity index is 1430. The first-order valence-corrected chi connectivity index (χ1v) is 9.86. The van der Waals surface area contributed by atoms with Crippen LogP contribution in [0, 0.1) is 12.7 Å². The molecule has 0 fully saturated rings. The molecule has 30 heavy (non-hydrogen) atoms. The molecule has 0 saturated heterocycles. The highest BCUT2D eigenvalue weighted by molar-refractivity contribution is 6.05. The third-order valence-corrected chi connectivity index (χ3v) is 5.41. The Hall–Kier alpha value is -3.73. The number of fused-ring (bicyclic) bond motifs is 3. The molecule has 0 bridgehead atoms. The lowest BCUT2D eigenvalue weighted by Crippen LogP contribution is -2.23. The molecule has 5 aromatic rings. The number of aromatic nitrogens is 3. The smallest absolute Gasteiger partial charge is 0.278 e. The average Bonchev–Trinajstić information content (AvgIpc) is 3.04. The van der Waals surface area contributed by atoms with Crippen LogP contribution in [0.25, 0.3) is 21.9 Å². The van der Waals surface area contributed by atoms with Crippen molar-refractivity contribution in [2.24, 2.45) is 0 Å². The van der Waals surface area contributed by atoms with Crippen molar-refractivity contribution in [2.75, 3.05) is 0 Å². The molecule has 0 amide bonds. The zero-order chi connectivity index (χ0) is 20.7. The van der Waals surface area contributed by atoms with Crippen LogP contribution in [-0.4, -0.2) is 14.1 Å². The van der Waals surface area contributed by atoms with Gasteiger partial charge in [-0.05, 0) is 42.3 Å². The Morgan fingerprint density at radius 1 is 0.900 bits per heavy atom. The Kier molecular flexibility index (Phi) is 4.43. The second-order valence-electron chi connectivity index (χ2n) is 7.60. The molecule has 148 valence electrons. The van der Waals surface area contributed by atoms with E-state index in [1.165, 1.54) is 12.1 Å². The second-order valence-corrected chi connectivity index (χ2v) is 7.60. The number of halogens is 1. The van der Waals surface area contributed by atoms with Gasteiger partial charge in [0, 0.05) is 11.9 Å². The second kappa shape index (κ2) is 7.26. The predicted molar refractivity (Wildman–Crippen MR) is 117 cm³/mol. The summed E-state index contributed by atoms with van der Waals surface area (Å²) in [4.78, 5) is 18.1. The average molecular weight is 397 g/mol. The van der Waals surface area contributed by atoms with E-state index in [0.717, 1.165) is 27.6 Å². The lowest BCUT2D eigenvalue weighted by Gasteiger charge is -2.09. The van der Waals surface area contributed by atoms with Gasteiger partial charge in [0.05, 0.1) is 18.4 Å². The van der Waals surface area contributed by atoms with Crippen LogP contribution in [0.5, 0.6) is 0 Å². The van der Waals surface area contributed by atoms with E-state index in [0.29, 0.717) is 24.1 Å². The van der Waals surface area contributed by atoms with Gasteiger partial charge in [-0.2, -0.15) is 0 Å². The van der Waals surface area contributed by atoms with Gasteiger partial charge in [-0.3, -0.25) is 9.36 Å². The van der Waals surface area contributed by atoms with Crippen LogP contribution in [0.4, 0.5) is 4.39 Å². The van der Waals surface area contributed by atoms with Crippen molar-refractivity contribution in [3.8, 4) is 0 Å². The minimum atomic E-state index is -0.288. The lowest BCUT2D eigenvalue weighted by atomic mass is 10.1. The molecule has 0 aliphatic carbocycles. The molecule has 0 radical (unpaired) electrons. The summed E-state index contributed by atoms with van der Waals surface area (Å²) in [5.74, 6) is -0.288. The summed E-state index contributed by atoms with van der Waals surface area (Å²) in [7, 11) is 0. The first-order chi connectivity index (χ1) is 14.6. The van der Waals surface area contributed by atoms with Crippen LogP contribution >= 0.6 is 0 Å². The molecule has 0 unspecified atom stereocenters. The van der Waals surface area contributed by atoms with Crippen LogP contribution in [0.15, 0.2) is 83.9 Å². The van der Waals surface area contributed by atoms with E-state index in [4.69, 9.17) is 0 Å². The van der Waals surface area contributed by atoms with Gasteiger partial charge in [0.25, 0.3) is 5.56 Å². The minimum Gasteiger partial charge on any atom is -0.330 e. The molecule has 3 aromatic carbocycles. The Morgan fingerprint density at radius 2 is 1.70 bits per heavy atom. The number of benzene rings is 3. The molecule has 0 atom stereocenters. The molecule has 5 rings (SSSR count). The van der Waals surface area contributed by atoms with E-state index in [2.05, 4.69) is 4.98 Å². The molecule has 5 heteroatoms. The van der Waals surface area contributed by atoms with Gasteiger partial charge in [-0.1, -0.05) is 54.1 Å². The fourth-order valence-corrected chi connectivity index (χ4v) is 3.99. The van der Waals surface area contributed by atoms with E-state index in [1.807, 2.05) is 66.1 Å². The Balaban J connectivity index is 1.74. The third-order valence-electron chi connectivity index (χ3n) is 5.41. The van der Waals surface area contributed by atoms with Crippen LogP contribution in [0.1, 0.15) is 16.7 Å². The fraction of sp³-hybridized carbons (Fsp3) is 0.120. The van der Waals surface area contributed by atoms with Crippen molar-refractivity contribution in [2.45, 2.75) is 20.0 Å². The van der Waals surface area contributed by atoms with Crippen molar-refractivity contribution < 1.29 is 4.39 Å². The number of rotatable bonds is 4. The van der Waals surface area contributed by atoms with Gasteiger partial charge in [0.1, 0.15) is 16.9 Å². The highest BCUT2D eigenvalue weighted by Gasteiger charge is 2.17. The molecule has 2 aromatic heterocycles. The zero-order valence-electron chi connectivity index (χ0n) is 16.5. The summed E-state index contributed by atoms with van der Waals surface area (Å²) in [5, 5.41) is 0.936. The van der Waals surface area contributed by atoms with Crippen LogP contribution < -0.4 is 5.56 Å². The topological polar surface area (TPSA) is 39.8 Å². The highest BCUT2D eigenvalue weighted by Crippen LogP contribution is 2.27. The molecule has 0 spiro atoms. The van der Waals surface area contributed by atoms with Crippen molar-refractivity contribution in [3.05, 3.63) is 112 Å². The maximum Gasteiger partial charge on any atom is 0.278 e. The summed E-state index contributed by atoms with van der Waals surface area (Å²) in [6, 6.07) is 22.4. The summed E-state index contributed by atoms with van der Waals surface area (Å²) in [6.07, 6.45) is 1.62. The molecular formula is C25H20FN3O. The van der Waals surface area contributed by atoms with Crippen molar-refractivity contribution >= 4 is 21.9 Å². The maximum atomic E-state index is 13.8. The Labute approximate surface area is 172 Å². The molecule has 0 saturated carbocycles. The quantitative estimate of drug-likeness (QED) is 0.433. The predicted octanol–water partition coefficient (Wildman–Crippen LogP) is 4.90. The van der Waals surface area contributed by atoms with Crippen LogP contribution in [0.2, 0.25) is 0 Å². The first-order valence-electron chi connectivity index (χ1n) is 9.86. The van der Waals surface area contributed by atoms with Gasteiger partial charge in [0.15, 0.2) is 0 Å². The normalized spacial score (nSPS) is 11.4. The largest absolute Gasteiger partial charge is 0.330 e. The molecular weight excluding hydrogens is 377 g/mol. The molecule has 2 heterocycles. The number of aryl methyl sites for hydroxylation is 1. The van der Waals surface area contributed by atoms with Crippen LogP contribution in [0.3, 0.4) is 0 Å². The van der Waals surface area contributed by atoms with Crippen molar-refractivity contribution in [3.63, 3.8) is 0 Å². The fourth-order valence-electron chi connectivity index (χ4n) is 3.99. The third kappa shape index (κ3) is 3.18. The SMILES string of the molecule is Cc1ccc2c(c1)c1ncn(Cc3ccccc3)c(=O)c1n2Cc1cccc(F)c1. The standard InChI is InChI=1S/C25H20FN3O/c1-17-10-11-22-21(12-17)23-24(29(22)15-19-8-5-9-20(26)13-19)25(30)28(16-27-23)14-18-6-3-2-4-7-18/h2-13,16H,14-15H2,1H3. The van der Waals surface area contributed by atoms with E-state index in [1.54, 1.807) is 17.0 Å². The van der Waals surface area contributed by atoms with E-state index in [9.17, 15) is 9.18 Å². The molecule has 0 N–H and O–H groups in total. The Morgan fingerprint density at radius 3 is 2.50 bits per heavy atom. The number of hydrogen-bond acceptors (Lipinski definition) is 2. The first kappa shape index (κ1) is 18.3. The van der Waals surface area contributed by atoms with Gasteiger partial charge in [-0.15, -0.1) is 0 Å². The lowest BCUT2D eigenvalue weighted by molar-refractivity contribution is 0.624. The monoisotopic (exact) mass is 397 g/mol. The highest BCUT2D eigenvalue weighted by atomic mass is 19.1. The maximum absolute atomic E-state index is 13.8. The van der Waals surface area contributed by atoms with Crippen LogP contribution in [-0.2, 0) is 13.1 Å². The van der Waals surface area contributed by atoms with E-state index < -0.39 is 0 Å². The minimum absolute atomic E-state index is 0.103.